The highest BCUT2D eigenvalue weighted by atomic mass is 79.9. The van der Waals surface area contributed by atoms with Crippen molar-refractivity contribution in [3.8, 4) is 5.75 Å². The predicted molar refractivity (Wildman–Crippen MR) is 79.7 cm³/mol. The van der Waals surface area contributed by atoms with Gasteiger partial charge in [0.15, 0.2) is 5.78 Å². The highest BCUT2D eigenvalue weighted by Gasteiger charge is 2.16. The van der Waals surface area contributed by atoms with Gasteiger partial charge in [-0.15, -0.1) is 0 Å². The second kappa shape index (κ2) is 7.00. The summed E-state index contributed by atoms with van der Waals surface area (Å²) in [5, 5.41) is 0.548. The van der Waals surface area contributed by atoms with Crippen LogP contribution in [0.3, 0.4) is 0 Å². The zero-order chi connectivity index (χ0) is 15.4. The van der Waals surface area contributed by atoms with Crippen molar-refractivity contribution in [3.63, 3.8) is 0 Å². The van der Waals surface area contributed by atoms with E-state index in [-0.39, 0.29) is 23.1 Å². The summed E-state index contributed by atoms with van der Waals surface area (Å²) in [6.45, 7) is -0.271. The predicted octanol–water partition coefficient (Wildman–Crippen LogP) is 4.57. The molecule has 0 radical (unpaired) electrons. The number of ether oxygens (including phenoxy) is 1. The number of halogens is 4. The molecule has 2 nitrogen and oxygen atoms in total. The molecule has 0 aliphatic carbocycles. The SMILES string of the molecule is O=C(COc1ccc(Cl)cc1)Cc1c(F)ccc(Br)c1F. The molecule has 0 amide bonds. The molecule has 2 aromatic rings. The van der Waals surface area contributed by atoms with Gasteiger partial charge in [0.1, 0.15) is 24.0 Å². The fourth-order valence-corrected chi connectivity index (χ4v) is 2.17. The summed E-state index contributed by atoms with van der Waals surface area (Å²) in [6, 6.07) is 8.81. The fourth-order valence-electron chi connectivity index (χ4n) is 1.67. The maximum Gasteiger partial charge on any atom is 0.174 e. The molecule has 0 spiro atoms. The summed E-state index contributed by atoms with van der Waals surface area (Å²) in [5.41, 5.74) is -0.269. The molecule has 0 saturated carbocycles. The molecule has 2 rings (SSSR count). The molecule has 6 heteroatoms. The maximum atomic E-state index is 13.7. The van der Waals surface area contributed by atoms with E-state index in [2.05, 4.69) is 15.9 Å². The van der Waals surface area contributed by atoms with E-state index in [4.69, 9.17) is 16.3 Å². The smallest absolute Gasteiger partial charge is 0.174 e. The molecule has 0 heterocycles. The van der Waals surface area contributed by atoms with Gasteiger partial charge in [0.2, 0.25) is 0 Å². The van der Waals surface area contributed by atoms with Gasteiger partial charge in [-0.05, 0) is 52.3 Å². The molecule has 0 aliphatic heterocycles. The van der Waals surface area contributed by atoms with E-state index in [1.54, 1.807) is 24.3 Å². The van der Waals surface area contributed by atoms with E-state index in [0.717, 1.165) is 6.07 Å². The summed E-state index contributed by atoms with van der Waals surface area (Å²) < 4.78 is 32.6. The minimum absolute atomic E-state index is 0.116. The molecule has 0 N–H and O–H groups in total. The number of ketones is 1. The number of rotatable bonds is 5. The topological polar surface area (TPSA) is 26.3 Å². The summed E-state index contributed by atoms with van der Waals surface area (Å²) in [5.74, 6) is -1.49. The number of carbonyl (C=O) groups is 1. The molecule has 0 atom stereocenters. The third kappa shape index (κ3) is 4.25. The van der Waals surface area contributed by atoms with E-state index < -0.39 is 17.4 Å². The van der Waals surface area contributed by atoms with Crippen molar-refractivity contribution in [2.75, 3.05) is 6.61 Å². The first-order valence-corrected chi connectivity index (χ1v) is 7.17. The van der Waals surface area contributed by atoms with Crippen LogP contribution in [0, 0.1) is 11.6 Å². The first-order chi connectivity index (χ1) is 9.97. The Morgan fingerprint density at radius 2 is 1.81 bits per heavy atom. The highest BCUT2D eigenvalue weighted by molar-refractivity contribution is 9.10. The summed E-state index contributed by atoms with van der Waals surface area (Å²) in [7, 11) is 0. The molecular formula is C15H10BrClF2O2. The van der Waals surface area contributed by atoms with Gasteiger partial charge in [0.25, 0.3) is 0 Å². The van der Waals surface area contributed by atoms with E-state index in [1.807, 2.05) is 0 Å². The van der Waals surface area contributed by atoms with Gasteiger partial charge in [0, 0.05) is 17.0 Å². The third-order valence-corrected chi connectivity index (χ3v) is 3.59. The second-order valence-electron chi connectivity index (χ2n) is 4.28. The Morgan fingerprint density at radius 3 is 2.48 bits per heavy atom. The van der Waals surface area contributed by atoms with Crippen LogP contribution in [0.15, 0.2) is 40.9 Å². The lowest BCUT2D eigenvalue weighted by Gasteiger charge is -2.08. The second-order valence-corrected chi connectivity index (χ2v) is 5.57. The first-order valence-electron chi connectivity index (χ1n) is 6.00. The quantitative estimate of drug-likeness (QED) is 0.716. The maximum absolute atomic E-state index is 13.7. The number of hydrogen-bond acceptors (Lipinski definition) is 2. The normalized spacial score (nSPS) is 10.5. The van der Waals surface area contributed by atoms with Crippen LogP contribution < -0.4 is 4.74 Å². The molecule has 0 unspecified atom stereocenters. The molecule has 110 valence electrons. The Kier molecular flexibility index (Phi) is 5.31. The average molecular weight is 376 g/mol. The van der Waals surface area contributed by atoms with Crippen LogP contribution in [0.1, 0.15) is 5.56 Å². The lowest BCUT2D eigenvalue weighted by molar-refractivity contribution is -0.120. The van der Waals surface area contributed by atoms with Crippen molar-refractivity contribution in [1.82, 2.24) is 0 Å². The summed E-state index contributed by atoms with van der Waals surface area (Å²) in [4.78, 5) is 11.8. The van der Waals surface area contributed by atoms with Gasteiger partial charge < -0.3 is 4.74 Å². The lowest BCUT2D eigenvalue weighted by atomic mass is 10.1. The van der Waals surface area contributed by atoms with Gasteiger partial charge in [0.05, 0.1) is 4.47 Å². The van der Waals surface area contributed by atoms with Crippen LogP contribution in [0.2, 0.25) is 5.02 Å². The zero-order valence-corrected chi connectivity index (χ0v) is 13.0. The van der Waals surface area contributed by atoms with Crippen molar-refractivity contribution in [3.05, 3.63) is 63.1 Å². The molecule has 0 saturated heterocycles. The number of hydrogen-bond donors (Lipinski definition) is 0. The van der Waals surface area contributed by atoms with E-state index in [1.165, 1.54) is 6.07 Å². The Balaban J connectivity index is 1.99. The van der Waals surface area contributed by atoms with Gasteiger partial charge in [-0.2, -0.15) is 0 Å². The largest absolute Gasteiger partial charge is 0.486 e. The summed E-state index contributed by atoms with van der Waals surface area (Å²) >= 11 is 8.68. The minimum Gasteiger partial charge on any atom is -0.486 e. The lowest BCUT2D eigenvalue weighted by Crippen LogP contribution is -2.15. The number of benzene rings is 2. The third-order valence-electron chi connectivity index (χ3n) is 2.73. The van der Waals surface area contributed by atoms with E-state index in [9.17, 15) is 13.6 Å². The number of carbonyl (C=O) groups excluding carboxylic acids is 1. The fraction of sp³-hybridized carbons (Fsp3) is 0.133. The van der Waals surface area contributed by atoms with Crippen LogP contribution in [-0.4, -0.2) is 12.4 Å². The van der Waals surface area contributed by atoms with Gasteiger partial charge in [-0.3, -0.25) is 4.79 Å². The molecule has 0 aliphatic rings. The average Bonchev–Trinajstić information content (AvgIpc) is 2.47. The van der Waals surface area contributed by atoms with Crippen LogP contribution in [0.25, 0.3) is 0 Å². The van der Waals surface area contributed by atoms with Gasteiger partial charge >= 0.3 is 0 Å². The van der Waals surface area contributed by atoms with Crippen LogP contribution in [0.5, 0.6) is 5.75 Å². The number of Topliss-reactive ketones (excluding diaryl/α,β-unsaturated/α-hetero) is 1. The van der Waals surface area contributed by atoms with Crippen LogP contribution in [-0.2, 0) is 11.2 Å². The standard InChI is InChI=1S/C15H10BrClF2O2/c16-13-5-6-14(18)12(15(13)19)7-10(20)8-21-11-3-1-9(17)2-4-11/h1-6H,7-8H2. The van der Waals surface area contributed by atoms with Crippen molar-refractivity contribution in [2.45, 2.75) is 6.42 Å². The highest BCUT2D eigenvalue weighted by Crippen LogP contribution is 2.22. The first kappa shape index (κ1) is 15.9. The Morgan fingerprint density at radius 1 is 1.14 bits per heavy atom. The van der Waals surface area contributed by atoms with Crippen LogP contribution in [0.4, 0.5) is 8.78 Å². The summed E-state index contributed by atoms with van der Waals surface area (Å²) in [6.07, 6.45) is -0.370. The molecule has 21 heavy (non-hydrogen) atoms. The van der Waals surface area contributed by atoms with Gasteiger partial charge in [-0.1, -0.05) is 11.6 Å². The van der Waals surface area contributed by atoms with E-state index >= 15 is 0 Å². The van der Waals surface area contributed by atoms with Gasteiger partial charge in [-0.25, -0.2) is 8.78 Å². The van der Waals surface area contributed by atoms with Crippen molar-refractivity contribution < 1.29 is 18.3 Å². The molecule has 0 aromatic heterocycles. The molecule has 0 fully saturated rings. The Bertz CT molecular complexity index is 659. The zero-order valence-electron chi connectivity index (χ0n) is 10.7. The van der Waals surface area contributed by atoms with E-state index in [0.29, 0.717) is 10.8 Å². The minimum atomic E-state index is -0.769. The molecular weight excluding hydrogens is 366 g/mol. The van der Waals surface area contributed by atoms with Crippen molar-refractivity contribution >= 4 is 33.3 Å². The Hall–Kier alpha value is -1.46. The Labute approximate surface area is 133 Å². The van der Waals surface area contributed by atoms with Crippen molar-refractivity contribution in [2.24, 2.45) is 0 Å². The van der Waals surface area contributed by atoms with Crippen molar-refractivity contribution in [1.29, 1.82) is 0 Å². The monoisotopic (exact) mass is 374 g/mol. The molecule has 2 aromatic carbocycles. The van der Waals surface area contributed by atoms with Crippen LogP contribution >= 0.6 is 27.5 Å². The molecule has 0 bridgehead atoms.